The third-order valence-corrected chi connectivity index (χ3v) is 2.89. The smallest absolute Gasteiger partial charge is 0.258 e. The van der Waals surface area contributed by atoms with E-state index in [9.17, 15) is 33.4 Å². The Labute approximate surface area is 121 Å². The van der Waals surface area contributed by atoms with Crippen LogP contribution in [0.15, 0.2) is 42.5 Å². The van der Waals surface area contributed by atoms with Crippen molar-refractivity contribution >= 4 is 11.4 Å². The highest BCUT2D eigenvalue weighted by atomic mass is 19.4. The highest BCUT2D eigenvalue weighted by Crippen LogP contribution is 2.39. The zero-order valence-corrected chi connectivity index (χ0v) is 10.7. The van der Waals surface area contributed by atoms with Crippen molar-refractivity contribution < 1.29 is 23.0 Å². The molecule has 0 aliphatic carbocycles. The van der Waals surface area contributed by atoms with E-state index in [1.54, 1.807) is 0 Å². The van der Waals surface area contributed by atoms with E-state index in [1.807, 2.05) is 0 Å². The highest BCUT2D eigenvalue weighted by molar-refractivity contribution is 5.72. The van der Waals surface area contributed by atoms with Gasteiger partial charge in [-0.3, -0.25) is 20.2 Å². The van der Waals surface area contributed by atoms with Crippen molar-refractivity contribution in [2.45, 2.75) is 6.18 Å². The molecule has 2 aromatic rings. The van der Waals surface area contributed by atoms with Crippen LogP contribution >= 0.6 is 0 Å². The van der Waals surface area contributed by atoms with Gasteiger partial charge in [0.25, 0.3) is 11.4 Å². The van der Waals surface area contributed by atoms with Crippen molar-refractivity contribution in [3.8, 4) is 11.1 Å². The van der Waals surface area contributed by atoms with Gasteiger partial charge in [-0.2, -0.15) is 13.2 Å². The molecule has 9 heteroatoms. The minimum atomic E-state index is -4.74. The summed E-state index contributed by atoms with van der Waals surface area (Å²) in [5, 5.41) is 21.5. The zero-order valence-electron chi connectivity index (χ0n) is 10.7. The summed E-state index contributed by atoms with van der Waals surface area (Å²) in [4.78, 5) is 19.9. The number of benzene rings is 2. The highest BCUT2D eigenvalue weighted by Gasteiger charge is 2.34. The molecule has 0 unspecified atom stereocenters. The molecule has 0 bridgehead atoms. The molecule has 114 valence electrons. The summed E-state index contributed by atoms with van der Waals surface area (Å²) in [6.45, 7) is 0. The van der Waals surface area contributed by atoms with E-state index in [-0.39, 0.29) is 5.56 Å². The first-order chi connectivity index (χ1) is 10.2. The Bertz CT molecular complexity index is 759. The third kappa shape index (κ3) is 3.03. The number of nitro benzene ring substituents is 2. The van der Waals surface area contributed by atoms with Gasteiger partial charge in [-0.1, -0.05) is 12.1 Å². The number of nitro groups is 2. The molecule has 0 aromatic heterocycles. The van der Waals surface area contributed by atoms with Gasteiger partial charge in [0.05, 0.1) is 15.4 Å². The predicted octanol–water partition coefficient (Wildman–Crippen LogP) is 4.19. The number of alkyl halides is 3. The topological polar surface area (TPSA) is 86.3 Å². The van der Waals surface area contributed by atoms with E-state index in [0.717, 1.165) is 24.3 Å². The lowest BCUT2D eigenvalue weighted by molar-refractivity contribution is -0.385. The van der Waals surface area contributed by atoms with Crippen LogP contribution in [0.1, 0.15) is 5.56 Å². The summed E-state index contributed by atoms with van der Waals surface area (Å²) in [7, 11) is 0. The minimum absolute atomic E-state index is 0.120. The monoisotopic (exact) mass is 312 g/mol. The van der Waals surface area contributed by atoms with Gasteiger partial charge in [0.15, 0.2) is 0 Å². The SMILES string of the molecule is O=[N+]([O-])c1cccc(-c2cc([N+](=O)[O-])ccc2C(F)(F)F)c1. The average molecular weight is 312 g/mol. The van der Waals surface area contributed by atoms with E-state index >= 15 is 0 Å². The maximum Gasteiger partial charge on any atom is 0.417 e. The Morgan fingerprint density at radius 3 is 2.00 bits per heavy atom. The Balaban J connectivity index is 2.71. The molecule has 0 atom stereocenters. The van der Waals surface area contributed by atoms with Crippen molar-refractivity contribution in [2.24, 2.45) is 0 Å². The van der Waals surface area contributed by atoms with Crippen LogP contribution in [0.2, 0.25) is 0 Å². The van der Waals surface area contributed by atoms with Gasteiger partial charge in [-0.25, -0.2) is 0 Å². The van der Waals surface area contributed by atoms with Crippen LogP contribution < -0.4 is 0 Å². The normalized spacial score (nSPS) is 11.2. The van der Waals surface area contributed by atoms with Gasteiger partial charge in [0.2, 0.25) is 0 Å². The molecule has 0 aliphatic heterocycles. The first-order valence-electron chi connectivity index (χ1n) is 5.80. The van der Waals surface area contributed by atoms with Crippen molar-refractivity contribution in [2.75, 3.05) is 0 Å². The number of non-ortho nitro benzene ring substituents is 2. The summed E-state index contributed by atoms with van der Waals surface area (Å²) in [5.41, 5.74) is -2.64. The maximum absolute atomic E-state index is 13.0. The molecule has 2 rings (SSSR count). The fourth-order valence-corrected chi connectivity index (χ4v) is 1.92. The molecule has 0 saturated carbocycles. The van der Waals surface area contributed by atoms with E-state index in [1.165, 1.54) is 12.1 Å². The summed E-state index contributed by atoms with van der Waals surface area (Å²) in [6, 6.07) is 6.58. The van der Waals surface area contributed by atoms with E-state index in [0.29, 0.717) is 6.07 Å². The minimum Gasteiger partial charge on any atom is -0.258 e. The van der Waals surface area contributed by atoms with E-state index < -0.39 is 38.5 Å². The van der Waals surface area contributed by atoms with E-state index in [2.05, 4.69) is 0 Å². The van der Waals surface area contributed by atoms with Crippen LogP contribution in [0.3, 0.4) is 0 Å². The van der Waals surface area contributed by atoms with Crippen LogP contribution in [0.5, 0.6) is 0 Å². The molecular formula is C13H7F3N2O4. The second-order valence-electron chi connectivity index (χ2n) is 4.29. The van der Waals surface area contributed by atoms with Gasteiger partial charge < -0.3 is 0 Å². The average Bonchev–Trinajstić information content (AvgIpc) is 2.45. The van der Waals surface area contributed by atoms with Gasteiger partial charge in [-0.05, 0) is 11.6 Å². The molecule has 0 aliphatic rings. The van der Waals surface area contributed by atoms with Crippen molar-refractivity contribution in [1.82, 2.24) is 0 Å². The lowest BCUT2D eigenvalue weighted by atomic mass is 9.98. The quantitative estimate of drug-likeness (QED) is 0.628. The summed E-state index contributed by atoms with van der Waals surface area (Å²) < 4.78 is 39.1. The van der Waals surface area contributed by atoms with E-state index in [4.69, 9.17) is 0 Å². The Morgan fingerprint density at radius 1 is 0.864 bits per heavy atom. The van der Waals surface area contributed by atoms with Gasteiger partial charge in [0.1, 0.15) is 0 Å². The molecule has 0 fully saturated rings. The second kappa shape index (κ2) is 5.43. The number of nitrogens with zero attached hydrogens (tertiary/aromatic N) is 2. The zero-order chi connectivity index (χ0) is 16.5. The second-order valence-corrected chi connectivity index (χ2v) is 4.29. The molecule has 0 heterocycles. The molecule has 2 aromatic carbocycles. The lowest BCUT2D eigenvalue weighted by Gasteiger charge is -2.12. The summed E-state index contributed by atoms with van der Waals surface area (Å²) in [5.74, 6) is 0. The lowest BCUT2D eigenvalue weighted by Crippen LogP contribution is -2.07. The third-order valence-electron chi connectivity index (χ3n) is 2.89. The predicted molar refractivity (Wildman–Crippen MR) is 70.2 cm³/mol. The van der Waals surface area contributed by atoms with Crippen molar-refractivity contribution in [3.05, 3.63) is 68.3 Å². The van der Waals surface area contributed by atoms with Crippen LogP contribution in [0, 0.1) is 20.2 Å². The van der Waals surface area contributed by atoms with Gasteiger partial charge in [0, 0.05) is 29.8 Å². The standard InChI is InChI=1S/C13H7F3N2O4/c14-13(15,16)12-5-4-10(18(21)22)7-11(12)8-2-1-3-9(6-8)17(19)20/h1-7H. The van der Waals surface area contributed by atoms with Crippen molar-refractivity contribution in [3.63, 3.8) is 0 Å². The van der Waals surface area contributed by atoms with Crippen LogP contribution in [0.4, 0.5) is 24.5 Å². The maximum atomic E-state index is 13.0. The van der Waals surface area contributed by atoms with Crippen LogP contribution in [-0.2, 0) is 6.18 Å². The summed E-state index contributed by atoms with van der Waals surface area (Å²) >= 11 is 0. The number of halogens is 3. The number of hydrogen-bond donors (Lipinski definition) is 0. The molecule has 0 saturated heterocycles. The summed E-state index contributed by atoms with van der Waals surface area (Å²) in [6.07, 6.45) is -4.74. The van der Waals surface area contributed by atoms with Crippen molar-refractivity contribution in [1.29, 1.82) is 0 Å². The number of rotatable bonds is 3. The van der Waals surface area contributed by atoms with Gasteiger partial charge in [-0.15, -0.1) is 0 Å². The largest absolute Gasteiger partial charge is 0.417 e. The molecule has 0 amide bonds. The van der Waals surface area contributed by atoms with Crippen LogP contribution in [-0.4, -0.2) is 9.85 Å². The fourth-order valence-electron chi connectivity index (χ4n) is 1.92. The van der Waals surface area contributed by atoms with Gasteiger partial charge >= 0.3 is 6.18 Å². The Morgan fingerprint density at radius 2 is 1.45 bits per heavy atom. The number of hydrogen-bond acceptors (Lipinski definition) is 4. The first kappa shape index (κ1) is 15.4. The molecule has 6 nitrogen and oxygen atoms in total. The molecular weight excluding hydrogens is 305 g/mol. The Hall–Kier alpha value is -2.97. The first-order valence-corrected chi connectivity index (χ1v) is 5.80. The fraction of sp³-hybridized carbons (Fsp3) is 0.0769. The Kier molecular flexibility index (Phi) is 3.81. The molecule has 22 heavy (non-hydrogen) atoms. The van der Waals surface area contributed by atoms with Crippen LogP contribution in [0.25, 0.3) is 11.1 Å². The molecule has 0 N–H and O–H groups in total. The molecule has 0 radical (unpaired) electrons. The molecule has 0 spiro atoms.